The first-order chi connectivity index (χ1) is 18.6. The Bertz CT molecular complexity index is 1320. The number of amides is 1. The fourth-order valence-electron chi connectivity index (χ4n) is 4.36. The monoisotopic (exact) mass is 509 g/mol. The molecule has 4 aromatic rings. The van der Waals surface area contributed by atoms with Gasteiger partial charge in [0.15, 0.2) is 0 Å². The topological polar surface area (TPSA) is 73.8 Å². The van der Waals surface area contributed by atoms with Gasteiger partial charge in [0.2, 0.25) is 5.88 Å². The van der Waals surface area contributed by atoms with E-state index in [1.165, 1.54) is 5.56 Å². The van der Waals surface area contributed by atoms with E-state index < -0.39 is 0 Å². The van der Waals surface area contributed by atoms with Crippen molar-refractivity contribution in [1.29, 1.82) is 0 Å². The third-order valence-electron chi connectivity index (χ3n) is 6.43. The second-order valence-corrected chi connectivity index (χ2v) is 9.33. The number of hydrogen-bond donors (Lipinski definition) is 0. The number of hydrogen-bond acceptors (Lipinski definition) is 6. The van der Waals surface area contributed by atoms with Crippen molar-refractivity contribution in [3.05, 3.63) is 108 Å². The van der Waals surface area contributed by atoms with Crippen LogP contribution in [0.25, 0.3) is 0 Å². The van der Waals surface area contributed by atoms with Crippen molar-refractivity contribution in [1.82, 2.24) is 14.9 Å². The summed E-state index contributed by atoms with van der Waals surface area (Å²) in [5.41, 5.74) is 3.29. The molecule has 0 atom stereocenters. The van der Waals surface area contributed by atoms with Crippen molar-refractivity contribution in [2.45, 2.75) is 38.7 Å². The first kappa shape index (κ1) is 25.3. The van der Waals surface area contributed by atoms with Gasteiger partial charge in [-0.25, -0.2) is 9.78 Å². The van der Waals surface area contributed by atoms with Gasteiger partial charge in [0.25, 0.3) is 0 Å². The van der Waals surface area contributed by atoms with Crippen LogP contribution in [0.4, 0.5) is 4.79 Å². The molecule has 38 heavy (non-hydrogen) atoms. The smallest absolute Gasteiger partial charge is 0.415 e. The first-order valence-corrected chi connectivity index (χ1v) is 12.9. The Hall–Kier alpha value is -4.39. The lowest BCUT2D eigenvalue weighted by Gasteiger charge is -2.31. The van der Waals surface area contributed by atoms with Crippen LogP contribution in [0.5, 0.6) is 23.1 Å². The van der Waals surface area contributed by atoms with Gasteiger partial charge < -0.3 is 19.1 Å². The largest absolute Gasteiger partial charge is 0.490 e. The molecule has 2 aromatic heterocycles. The zero-order chi connectivity index (χ0) is 26.2. The van der Waals surface area contributed by atoms with Crippen LogP contribution in [0.1, 0.15) is 29.8 Å². The highest BCUT2D eigenvalue weighted by Gasteiger charge is 2.25. The van der Waals surface area contributed by atoms with E-state index in [4.69, 9.17) is 14.2 Å². The lowest BCUT2D eigenvalue weighted by atomic mass is 10.1. The number of benzene rings is 2. The number of carbonyl (C=O) groups is 1. The summed E-state index contributed by atoms with van der Waals surface area (Å²) in [5.74, 6) is 2.58. The molecular formula is C31H31N3O4. The molecule has 0 radical (unpaired) electrons. The maximum atomic E-state index is 12.7. The Morgan fingerprint density at radius 2 is 1.58 bits per heavy atom. The van der Waals surface area contributed by atoms with Crippen LogP contribution in [0, 0.1) is 6.92 Å². The molecule has 0 saturated carbocycles. The minimum atomic E-state index is -0.323. The predicted octanol–water partition coefficient (Wildman–Crippen LogP) is 6.40. The molecule has 5 rings (SSSR count). The lowest BCUT2D eigenvalue weighted by Crippen LogP contribution is -2.43. The lowest BCUT2D eigenvalue weighted by molar-refractivity contribution is 0.0930. The molecule has 1 saturated heterocycles. The fraction of sp³-hybridized carbons (Fsp3) is 0.258. The van der Waals surface area contributed by atoms with E-state index in [0.29, 0.717) is 30.5 Å². The Balaban J connectivity index is 1.04. The number of carbonyl (C=O) groups excluding carboxylic acids is 1. The number of likely N-dealkylation sites (tertiary alicyclic amines) is 1. The molecule has 7 heteroatoms. The van der Waals surface area contributed by atoms with Gasteiger partial charge in [0.1, 0.15) is 23.4 Å². The summed E-state index contributed by atoms with van der Waals surface area (Å²) in [7, 11) is 0. The van der Waals surface area contributed by atoms with E-state index in [1.54, 1.807) is 11.1 Å². The van der Waals surface area contributed by atoms with Crippen molar-refractivity contribution < 1.29 is 19.0 Å². The van der Waals surface area contributed by atoms with Crippen molar-refractivity contribution in [2.24, 2.45) is 0 Å². The second-order valence-electron chi connectivity index (χ2n) is 9.33. The Morgan fingerprint density at radius 3 is 2.29 bits per heavy atom. The van der Waals surface area contributed by atoms with Gasteiger partial charge in [-0.1, -0.05) is 24.3 Å². The summed E-state index contributed by atoms with van der Waals surface area (Å²) in [6.45, 7) is 3.18. The maximum Gasteiger partial charge on any atom is 0.415 e. The average Bonchev–Trinajstić information content (AvgIpc) is 2.95. The average molecular weight is 510 g/mol. The maximum absolute atomic E-state index is 12.7. The summed E-state index contributed by atoms with van der Waals surface area (Å²) in [6, 6.07) is 26.8. The van der Waals surface area contributed by atoms with Gasteiger partial charge >= 0.3 is 6.09 Å². The van der Waals surface area contributed by atoms with Gasteiger partial charge in [0.05, 0.1) is 0 Å². The van der Waals surface area contributed by atoms with Gasteiger partial charge in [-0.3, -0.25) is 4.98 Å². The third-order valence-corrected chi connectivity index (χ3v) is 6.43. The summed E-state index contributed by atoms with van der Waals surface area (Å²) in [4.78, 5) is 23.1. The number of nitrogens with zero attached hydrogens (tertiary/aromatic N) is 3. The van der Waals surface area contributed by atoms with Crippen molar-refractivity contribution in [2.75, 3.05) is 13.1 Å². The van der Waals surface area contributed by atoms with Crippen LogP contribution in [-0.2, 0) is 12.8 Å². The van der Waals surface area contributed by atoms with E-state index in [0.717, 1.165) is 42.8 Å². The number of piperidine rings is 1. The zero-order valence-electron chi connectivity index (χ0n) is 21.5. The van der Waals surface area contributed by atoms with E-state index in [9.17, 15) is 4.79 Å². The van der Waals surface area contributed by atoms with Crippen molar-refractivity contribution in [3.8, 4) is 23.1 Å². The van der Waals surface area contributed by atoms with Gasteiger partial charge in [-0.2, -0.15) is 0 Å². The van der Waals surface area contributed by atoms with Gasteiger partial charge in [-0.05, 0) is 79.9 Å². The normalized spacial score (nSPS) is 13.7. The fourth-order valence-corrected chi connectivity index (χ4v) is 4.36. The van der Waals surface area contributed by atoms with E-state index in [2.05, 4.69) is 9.97 Å². The minimum absolute atomic E-state index is 0.0452. The molecule has 7 nitrogen and oxygen atoms in total. The van der Waals surface area contributed by atoms with Crippen LogP contribution in [0.2, 0.25) is 0 Å². The van der Waals surface area contributed by atoms with Crippen LogP contribution >= 0.6 is 0 Å². The van der Waals surface area contributed by atoms with Crippen LogP contribution in [0.15, 0.2) is 91.1 Å². The molecule has 0 bridgehead atoms. The molecular weight excluding hydrogens is 478 g/mol. The molecule has 0 spiro atoms. The number of pyridine rings is 2. The molecule has 0 aliphatic carbocycles. The number of rotatable bonds is 8. The highest BCUT2D eigenvalue weighted by molar-refractivity contribution is 5.70. The molecule has 1 aliphatic rings. The predicted molar refractivity (Wildman–Crippen MR) is 145 cm³/mol. The number of aryl methyl sites for hydroxylation is 3. The molecule has 2 aromatic carbocycles. The molecule has 1 fully saturated rings. The minimum Gasteiger partial charge on any atom is -0.490 e. The SMILES string of the molecule is Cc1cccc(CCc2ccc(OC(=O)N3CCC(Oc4ccc(Oc5ccccn5)cc4)CC3)cc2)n1. The van der Waals surface area contributed by atoms with Gasteiger partial charge in [-0.15, -0.1) is 0 Å². The summed E-state index contributed by atoms with van der Waals surface area (Å²) >= 11 is 0. The highest BCUT2D eigenvalue weighted by Crippen LogP contribution is 2.25. The summed E-state index contributed by atoms with van der Waals surface area (Å²) in [6.07, 6.45) is 4.66. The first-order valence-electron chi connectivity index (χ1n) is 12.9. The summed E-state index contributed by atoms with van der Waals surface area (Å²) in [5, 5.41) is 0. The zero-order valence-corrected chi connectivity index (χ0v) is 21.5. The number of aromatic nitrogens is 2. The molecule has 3 heterocycles. The van der Waals surface area contributed by atoms with Crippen molar-refractivity contribution in [3.63, 3.8) is 0 Å². The van der Waals surface area contributed by atoms with E-state index in [-0.39, 0.29) is 12.2 Å². The second kappa shape index (κ2) is 12.2. The molecule has 1 aliphatic heterocycles. The molecule has 0 unspecified atom stereocenters. The van der Waals surface area contributed by atoms with Crippen LogP contribution in [-0.4, -0.2) is 40.2 Å². The number of ether oxygens (including phenoxy) is 3. The van der Waals surface area contributed by atoms with Crippen molar-refractivity contribution >= 4 is 6.09 Å². The van der Waals surface area contributed by atoms with E-state index >= 15 is 0 Å². The molecule has 1 amide bonds. The molecule has 0 N–H and O–H groups in total. The molecule has 194 valence electrons. The van der Waals surface area contributed by atoms with E-state index in [1.807, 2.05) is 91.9 Å². The Labute approximate surface area is 223 Å². The Morgan fingerprint density at radius 1 is 0.842 bits per heavy atom. The standard InChI is InChI=1S/C31H31N3O4/c1-23-5-4-6-25(33-23)11-8-24-9-12-28(13-10-24)38-31(35)34-21-18-29(19-22-34)36-26-14-16-27(17-15-26)37-30-7-2-3-20-32-30/h2-7,9-10,12-17,20,29H,8,11,18-19,21-22H2,1H3. The van der Waals surface area contributed by atoms with Gasteiger partial charge in [0, 0.05) is 49.6 Å². The summed E-state index contributed by atoms with van der Waals surface area (Å²) < 4.78 is 17.5. The van der Waals surface area contributed by atoms with Crippen LogP contribution in [0.3, 0.4) is 0 Å². The van der Waals surface area contributed by atoms with Crippen LogP contribution < -0.4 is 14.2 Å². The third kappa shape index (κ3) is 7.09. The quantitative estimate of drug-likeness (QED) is 0.273. The highest BCUT2D eigenvalue weighted by atomic mass is 16.6. The Kier molecular flexibility index (Phi) is 8.13.